The molecule has 0 fully saturated rings. The predicted molar refractivity (Wildman–Crippen MR) is 66.0 cm³/mol. The average molecular weight is 279 g/mol. The smallest absolute Gasteiger partial charge is 0.166 e. The number of hydrogen-bond acceptors (Lipinski definition) is 2. The second kappa shape index (κ2) is 4.61. The number of aldehydes is 1. The monoisotopic (exact) mass is 278 g/mol. The minimum atomic E-state index is 0.613. The summed E-state index contributed by atoms with van der Waals surface area (Å²) in [6.45, 7) is 2.05. The molecule has 0 unspecified atom stereocenters. The average Bonchev–Trinajstić information content (AvgIpc) is 2.66. The minimum absolute atomic E-state index is 0.613. The summed E-state index contributed by atoms with van der Waals surface area (Å²) in [6.07, 6.45) is 3.40. The molecule has 82 valence electrons. The number of hydrogen-bond donors (Lipinski definition) is 0. The Morgan fingerprint density at radius 3 is 2.88 bits per heavy atom. The van der Waals surface area contributed by atoms with Crippen molar-refractivity contribution in [2.24, 2.45) is 0 Å². The van der Waals surface area contributed by atoms with Crippen molar-refractivity contribution in [3.63, 3.8) is 0 Å². The van der Waals surface area contributed by atoms with E-state index in [9.17, 15) is 4.79 Å². The first-order valence-electron chi connectivity index (χ1n) is 5.04. The highest BCUT2D eigenvalue weighted by Crippen LogP contribution is 2.24. The summed E-state index contributed by atoms with van der Waals surface area (Å²) in [4.78, 5) is 15.3. The molecule has 0 spiro atoms. The molecule has 0 radical (unpaired) electrons. The lowest BCUT2D eigenvalue weighted by Gasteiger charge is -2.08. The lowest BCUT2D eigenvalue weighted by Crippen LogP contribution is -2.05. The first-order chi connectivity index (χ1) is 7.77. The summed E-state index contributed by atoms with van der Waals surface area (Å²) in [7, 11) is 0. The molecule has 3 nitrogen and oxygen atoms in total. The molecule has 0 amide bonds. The van der Waals surface area contributed by atoms with Crippen LogP contribution in [0.5, 0.6) is 0 Å². The molecule has 16 heavy (non-hydrogen) atoms. The highest BCUT2D eigenvalue weighted by molar-refractivity contribution is 9.10. The molecule has 2 aromatic rings. The summed E-state index contributed by atoms with van der Waals surface area (Å²) in [5.41, 5.74) is 1.67. The van der Waals surface area contributed by atoms with Crippen molar-refractivity contribution in [3.8, 4) is 5.82 Å². The largest absolute Gasteiger partial charge is 0.296 e. The predicted octanol–water partition coefficient (Wildman–Crippen LogP) is 3.01. The minimum Gasteiger partial charge on any atom is -0.296 e. The Morgan fingerprint density at radius 2 is 2.31 bits per heavy atom. The summed E-state index contributed by atoms with van der Waals surface area (Å²) < 4.78 is 2.82. The van der Waals surface area contributed by atoms with Crippen molar-refractivity contribution in [2.75, 3.05) is 0 Å². The second-order valence-corrected chi connectivity index (χ2v) is 4.21. The maximum atomic E-state index is 11.0. The van der Waals surface area contributed by atoms with Gasteiger partial charge < -0.3 is 0 Å². The number of pyridine rings is 1. The van der Waals surface area contributed by atoms with E-state index in [2.05, 4.69) is 20.9 Å². The normalized spacial score (nSPS) is 10.4. The van der Waals surface area contributed by atoms with Gasteiger partial charge in [0.05, 0.1) is 5.69 Å². The van der Waals surface area contributed by atoms with E-state index in [1.165, 1.54) is 0 Å². The van der Waals surface area contributed by atoms with Gasteiger partial charge in [-0.3, -0.25) is 9.36 Å². The van der Waals surface area contributed by atoms with E-state index in [0.29, 0.717) is 5.69 Å². The van der Waals surface area contributed by atoms with Crippen LogP contribution >= 0.6 is 15.9 Å². The summed E-state index contributed by atoms with van der Waals surface area (Å²) in [5, 5.41) is 0. The number of rotatable bonds is 3. The van der Waals surface area contributed by atoms with Crippen LogP contribution in [0.2, 0.25) is 0 Å². The fourth-order valence-corrected chi connectivity index (χ4v) is 2.40. The van der Waals surface area contributed by atoms with Crippen molar-refractivity contribution >= 4 is 22.2 Å². The van der Waals surface area contributed by atoms with Gasteiger partial charge in [0, 0.05) is 16.4 Å². The topological polar surface area (TPSA) is 34.9 Å². The molecule has 0 aromatic carbocycles. The molecule has 4 heteroatoms. The van der Waals surface area contributed by atoms with Gasteiger partial charge in [-0.25, -0.2) is 4.98 Å². The number of carbonyl (C=O) groups excluding carboxylic acids is 1. The van der Waals surface area contributed by atoms with E-state index in [1.807, 2.05) is 35.8 Å². The van der Waals surface area contributed by atoms with Crippen LogP contribution in [0.3, 0.4) is 0 Å². The Kier molecular flexibility index (Phi) is 3.19. The highest BCUT2D eigenvalue weighted by Gasteiger charge is 2.13. The van der Waals surface area contributed by atoms with Gasteiger partial charge in [-0.2, -0.15) is 0 Å². The third kappa shape index (κ3) is 1.80. The van der Waals surface area contributed by atoms with Crippen LogP contribution in [0.25, 0.3) is 5.82 Å². The van der Waals surface area contributed by atoms with E-state index in [1.54, 1.807) is 6.20 Å². The Bertz CT molecular complexity index is 505. The van der Waals surface area contributed by atoms with Crippen LogP contribution in [0.15, 0.2) is 34.9 Å². The van der Waals surface area contributed by atoms with Crippen molar-refractivity contribution in [3.05, 3.63) is 46.3 Å². The molecule has 0 saturated heterocycles. The zero-order chi connectivity index (χ0) is 11.5. The lowest BCUT2D eigenvalue weighted by atomic mass is 10.3. The van der Waals surface area contributed by atoms with E-state index in [0.717, 1.165) is 28.7 Å². The number of carbonyl (C=O) groups is 1. The quantitative estimate of drug-likeness (QED) is 0.809. The standard InChI is InChI=1S/C12H11BrN2O/c1-2-11-10(13)7-9(8-16)15(11)12-5-3-4-6-14-12/h3-8H,2H2,1H3. The van der Waals surface area contributed by atoms with E-state index in [-0.39, 0.29) is 0 Å². The van der Waals surface area contributed by atoms with Gasteiger partial charge in [0.2, 0.25) is 0 Å². The van der Waals surface area contributed by atoms with Gasteiger partial charge in [0.15, 0.2) is 6.29 Å². The third-order valence-electron chi connectivity index (χ3n) is 2.41. The van der Waals surface area contributed by atoms with Gasteiger partial charge in [0.1, 0.15) is 5.82 Å². The second-order valence-electron chi connectivity index (χ2n) is 3.36. The zero-order valence-electron chi connectivity index (χ0n) is 8.85. The van der Waals surface area contributed by atoms with Crippen molar-refractivity contribution in [1.82, 2.24) is 9.55 Å². The molecule has 2 heterocycles. The maximum absolute atomic E-state index is 11.0. The fraction of sp³-hybridized carbons (Fsp3) is 0.167. The van der Waals surface area contributed by atoms with Crippen LogP contribution < -0.4 is 0 Å². The molecule has 0 aliphatic heterocycles. The number of aromatic nitrogens is 2. The first kappa shape index (κ1) is 11.1. The van der Waals surface area contributed by atoms with Gasteiger partial charge in [-0.05, 0) is 40.5 Å². The Morgan fingerprint density at radius 1 is 1.50 bits per heavy atom. The number of nitrogens with zero attached hydrogens (tertiary/aromatic N) is 2. The van der Waals surface area contributed by atoms with E-state index in [4.69, 9.17) is 0 Å². The van der Waals surface area contributed by atoms with Crippen LogP contribution in [0.1, 0.15) is 23.1 Å². The number of halogens is 1. The maximum Gasteiger partial charge on any atom is 0.166 e. The van der Waals surface area contributed by atoms with Gasteiger partial charge in [0.25, 0.3) is 0 Å². The molecular weight excluding hydrogens is 268 g/mol. The molecule has 0 atom stereocenters. The van der Waals surface area contributed by atoms with E-state index >= 15 is 0 Å². The third-order valence-corrected chi connectivity index (χ3v) is 3.10. The molecular formula is C12H11BrN2O. The summed E-state index contributed by atoms with van der Waals surface area (Å²) >= 11 is 3.46. The zero-order valence-corrected chi connectivity index (χ0v) is 10.4. The van der Waals surface area contributed by atoms with Crippen LogP contribution in [0, 0.1) is 0 Å². The van der Waals surface area contributed by atoms with Crippen molar-refractivity contribution in [1.29, 1.82) is 0 Å². The van der Waals surface area contributed by atoms with E-state index < -0.39 is 0 Å². The molecule has 0 aliphatic carbocycles. The Hall–Kier alpha value is -1.42. The highest BCUT2D eigenvalue weighted by atomic mass is 79.9. The Labute approximate surface area is 102 Å². The SMILES string of the molecule is CCc1c(Br)cc(C=O)n1-c1ccccn1. The van der Waals surface area contributed by atoms with Crippen LogP contribution in [0.4, 0.5) is 0 Å². The first-order valence-corrected chi connectivity index (χ1v) is 5.84. The summed E-state index contributed by atoms with van der Waals surface area (Å²) in [5.74, 6) is 0.771. The fourth-order valence-electron chi connectivity index (χ4n) is 1.71. The molecule has 2 rings (SSSR count). The van der Waals surface area contributed by atoms with Gasteiger partial charge in [-0.1, -0.05) is 13.0 Å². The molecule has 0 saturated carbocycles. The molecule has 2 aromatic heterocycles. The lowest BCUT2D eigenvalue weighted by molar-refractivity contribution is 0.111. The van der Waals surface area contributed by atoms with Crippen molar-refractivity contribution < 1.29 is 4.79 Å². The van der Waals surface area contributed by atoms with Crippen molar-refractivity contribution in [2.45, 2.75) is 13.3 Å². The Balaban J connectivity index is 2.67. The van der Waals surface area contributed by atoms with Crippen LogP contribution in [-0.4, -0.2) is 15.8 Å². The molecule has 0 aliphatic rings. The van der Waals surface area contributed by atoms with Gasteiger partial charge in [-0.15, -0.1) is 0 Å². The molecule has 0 bridgehead atoms. The van der Waals surface area contributed by atoms with Gasteiger partial charge >= 0.3 is 0 Å². The van der Waals surface area contributed by atoms with Crippen LogP contribution in [-0.2, 0) is 6.42 Å². The summed E-state index contributed by atoms with van der Waals surface area (Å²) in [6, 6.07) is 7.47. The molecule has 0 N–H and O–H groups in total.